The van der Waals surface area contributed by atoms with Crippen LogP contribution in [0.4, 0.5) is 0 Å². The molecule has 0 radical (unpaired) electrons. The lowest BCUT2D eigenvalue weighted by molar-refractivity contribution is 0.693. The fraction of sp³-hybridized carbons (Fsp3) is 0.333. The van der Waals surface area contributed by atoms with Crippen LogP contribution in [-0.4, -0.2) is 16.3 Å². The van der Waals surface area contributed by atoms with Gasteiger partial charge < -0.3 is 5.32 Å². The van der Waals surface area contributed by atoms with Gasteiger partial charge in [-0.3, -0.25) is 0 Å². The van der Waals surface area contributed by atoms with E-state index in [0.717, 1.165) is 23.6 Å². The first-order valence-electron chi connectivity index (χ1n) is 6.42. The van der Waals surface area contributed by atoms with Crippen molar-refractivity contribution < 1.29 is 0 Å². The number of hydrogen-bond donors (Lipinski definition) is 1. The van der Waals surface area contributed by atoms with Crippen LogP contribution in [0.1, 0.15) is 23.4 Å². The van der Waals surface area contributed by atoms with Gasteiger partial charge in [0.2, 0.25) is 0 Å². The van der Waals surface area contributed by atoms with Crippen LogP contribution in [0, 0.1) is 25.2 Å². The van der Waals surface area contributed by atoms with Gasteiger partial charge in [0.1, 0.15) is 0 Å². The average molecular weight is 254 g/mol. The molecule has 0 saturated heterocycles. The van der Waals surface area contributed by atoms with Gasteiger partial charge in [-0.2, -0.15) is 10.4 Å². The van der Waals surface area contributed by atoms with E-state index in [0.29, 0.717) is 13.0 Å². The molecule has 1 N–H and O–H groups in total. The van der Waals surface area contributed by atoms with Crippen molar-refractivity contribution in [3.63, 3.8) is 0 Å². The van der Waals surface area contributed by atoms with Gasteiger partial charge in [-0.05, 0) is 26.0 Å². The Kier molecular flexibility index (Phi) is 4.32. The molecule has 0 fully saturated rings. The zero-order chi connectivity index (χ0) is 13.7. The van der Waals surface area contributed by atoms with E-state index in [1.54, 1.807) is 0 Å². The van der Waals surface area contributed by atoms with Crippen LogP contribution in [0.2, 0.25) is 0 Å². The Hall–Kier alpha value is -2.12. The highest BCUT2D eigenvalue weighted by Crippen LogP contribution is 2.17. The predicted octanol–water partition coefficient (Wildman–Crippen LogP) is 2.49. The van der Waals surface area contributed by atoms with Crippen molar-refractivity contribution in [2.75, 3.05) is 6.54 Å². The Morgan fingerprint density at radius 2 is 2.00 bits per heavy atom. The lowest BCUT2D eigenvalue weighted by atomic mass is 10.2. The summed E-state index contributed by atoms with van der Waals surface area (Å²) in [7, 11) is 0. The molecule has 0 saturated carbocycles. The van der Waals surface area contributed by atoms with Crippen molar-refractivity contribution in [3.8, 4) is 11.8 Å². The van der Waals surface area contributed by atoms with E-state index in [-0.39, 0.29) is 0 Å². The lowest BCUT2D eigenvalue weighted by Crippen LogP contribution is -2.15. The summed E-state index contributed by atoms with van der Waals surface area (Å²) in [5.41, 5.74) is 4.46. The molecule has 1 aromatic heterocycles. The van der Waals surface area contributed by atoms with Gasteiger partial charge in [-0.15, -0.1) is 0 Å². The normalized spacial score (nSPS) is 10.4. The number of rotatable bonds is 5. The maximum atomic E-state index is 8.52. The molecule has 2 aromatic rings. The van der Waals surface area contributed by atoms with Gasteiger partial charge in [-0.25, -0.2) is 4.68 Å². The molecule has 4 nitrogen and oxygen atoms in total. The molecule has 2 rings (SSSR count). The Balaban J connectivity index is 2.18. The highest BCUT2D eigenvalue weighted by molar-refractivity contribution is 5.36. The smallest absolute Gasteiger partial charge is 0.0648 e. The molecule has 0 unspecified atom stereocenters. The SMILES string of the molecule is Cc1nn(-c2ccccc2)c(C)c1CNCCC#N. The highest BCUT2D eigenvalue weighted by atomic mass is 15.3. The zero-order valence-electron chi connectivity index (χ0n) is 11.3. The Bertz CT molecular complexity index is 578. The highest BCUT2D eigenvalue weighted by Gasteiger charge is 2.11. The molecule has 4 heteroatoms. The molecule has 19 heavy (non-hydrogen) atoms. The molecular formula is C15H18N4. The summed E-state index contributed by atoms with van der Waals surface area (Å²) in [6.07, 6.45) is 0.533. The third-order valence-electron chi connectivity index (χ3n) is 3.16. The van der Waals surface area contributed by atoms with Gasteiger partial charge in [0, 0.05) is 30.8 Å². The summed E-state index contributed by atoms with van der Waals surface area (Å²) in [6.45, 7) is 5.57. The Morgan fingerprint density at radius 1 is 1.26 bits per heavy atom. The summed E-state index contributed by atoms with van der Waals surface area (Å²) < 4.78 is 1.97. The van der Waals surface area contributed by atoms with E-state index in [1.165, 1.54) is 5.56 Å². The van der Waals surface area contributed by atoms with E-state index in [1.807, 2.05) is 41.9 Å². The Labute approximate surface area is 113 Å². The minimum atomic E-state index is 0.533. The number of benzene rings is 1. The van der Waals surface area contributed by atoms with Crippen molar-refractivity contribution >= 4 is 0 Å². The maximum absolute atomic E-state index is 8.52. The summed E-state index contributed by atoms with van der Waals surface area (Å²) >= 11 is 0. The molecule has 0 atom stereocenters. The number of para-hydroxylation sites is 1. The van der Waals surface area contributed by atoms with Crippen molar-refractivity contribution in [3.05, 3.63) is 47.3 Å². The van der Waals surface area contributed by atoms with Crippen molar-refractivity contribution in [1.29, 1.82) is 5.26 Å². The third kappa shape index (κ3) is 3.01. The topological polar surface area (TPSA) is 53.6 Å². The largest absolute Gasteiger partial charge is 0.312 e. The van der Waals surface area contributed by atoms with Gasteiger partial charge in [-0.1, -0.05) is 18.2 Å². The summed E-state index contributed by atoms with van der Waals surface area (Å²) in [5, 5.41) is 16.4. The van der Waals surface area contributed by atoms with E-state index < -0.39 is 0 Å². The van der Waals surface area contributed by atoms with E-state index in [9.17, 15) is 0 Å². The van der Waals surface area contributed by atoms with Gasteiger partial charge in [0.15, 0.2) is 0 Å². The zero-order valence-corrected chi connectivity index (χ0v) is 11.3. The first kappa shape index (κ1) is 13.3. The predicted molar refractivity (Wildman–Crippen MR) is 75.0 cm³/mol. The number of nitrogens with one attached hydrogen (secondary N) is 1. The lowest BCUT2D eigenvalue weighted by Gasteiger charge is -2.05. The molecule has 0 aliphatic carbocycles. The van der Waals surface area contributed by atoms with Gasteiger partial charge in [0.05, 0.1) is 17.5 Å². The molecule has 1 heterocycles. The first-order chi connectivity index (χ1) is 9.24. The minimum Gasteiger partial charge on any atom is -0.312 e. The van der Waals surface area contributed by atoms with Crippen LogP contribution in [0.5, 0.6) is 0 Å². The van der Waals surface area contributed by atoms with Crippen LogP contribution in [0.15, 0.2) is 30.3 Å². The minimum absolute atomic E-state index is 0.533. The van der Waals surface area contributed by atoms with Gasteiger partial charge >= 0.3 is 0 Å². The van der Waals surface area contributed by atoms with E-state index >= 15 is 0 Å². The van der Waals surface area contributed by atoms with Gasteiger partial charge in [0.25, 0.3) is 0 Å². The quantitative estimate of drug-likeness (QED) is 0.834. The van der Waals surface area contributed by atoms with Crippen LogP contribution in [0.3, 0.4) is 0 Å². The summed E-state index contributed by atoms with van der Waals surface area (Å²) in [4.78, 5) is 0. The standard InChI is InChI=1S/C15H18N4/c1-12-15(11-17-10-6-9-16)13(2)19(18-12)14-7-4-3-5-8-14/h3-5,7-8,17H,6,10-11H2,1-2H3. The van der Waals surface area contributed by atoms with Crippen molar-refractivity contribution in [2.45, 2.75) is 26.8 Å². The van der Waals surface area contributed by atoms with Crippen LogP contribution >= 0.6 is 0 Å². The second-order valence-corrected chi connectivity index (χ2v) is 4.48. The number of nitrogens with zero attached hydrogens (tertiary/aromatic N) is 3. The fourth-order valence-corrected chi connectivity index (χ4v) is 2.11. The molecule has 0 spiro atoms. The molecule has 0 amide bonds. The van der Waals surface area contributed by atoms with E-state index in [4.69, 9.17) is 5.26 Å². The number of aryl methyl sites for hydroxylation is 1. The second kappa shape index (κ2) is 6.17. The third-order valence-corrected chi connectivity index (χ3v) is 3.16. The first-order valence-corrected chi connectivity index (χ1v) is 6.42. The van der Waals surface area contributed by atoms with Crippen molar-refractivity contribution in [2.24, 2.45) is 0 Å². The maximum Gasteiger partial charge on any atom is 0.0648 e. The van der Waals surface area contributed by atoms with Crippen molar-refractivity contribution in [1.82, 2.24) is 15.1 Å². The molecule has 98 valence electrons. The average Bonchev–Trinajstić information content (AvgIpc) is 2.72. The molecular weight excluding hydrogens is 236 g/mol. The monoisotopic (exact) mass is 254 g/mol. The van der Waals surface area contributed by atoms with Crippen LogP contribution in [-0.2, 0) is 6.54 Å². The van der Waals surface area contributed by atoms with Crippen LogP contribution < -0.4 is 5.32 Å². The Morgan fingerprint density at radius 3 is 2.68 bits per heavy atom. The summed E-state index contributed by atoms with van der Waals surface area (Å²) in [6, 6.07) is 12.2. The second-order valence-electron chi connectivity index (χ2n) is 4.48. The number of hydrogen-bond acceptors (Lipinski definition) is 3. The molecule has 0 bridgehead atoms. The van der Waals surface area contributed by atoms with Crippen LogP contribution in [0.25, 0.3) is 5.69 Å². The molecule has 1 aromatic carbocycles. The number of aromatic nitrogens is 2. The summed E-state index contributed by atoms with van der Waals surface area (Å²) in [5.74, 6) is 0. The van der Waals surface area contributed by atoms with E-state index in [2.05, 4.69) is 23.4 Å². The number of nitriles is 1. The molecule has 0 aliphatic heterocycles. The fourth-order valence-electron chi connectivity index (χ4n) is 2.11. The molecule has 0 aliphatic rings.